The Morgan fingerprint density at radius 3 is 2.29 bits per heavy atom. The molecule has 1 aromatic carbocycles. The molecule has 24 heavy (non-hydrogen) atoms. The number of alkyl halides is 1. The van der Waals surface area contributed by atoms with Gasteiger partial charge in [0.1, 0.15) is 0 Å². The third-order valence-corrected chi connectivity index (χ3v) is 5.87. The van der Waals surface area contributed by atoms with Gasteiger partial charge in [0.15, 0.2) is 5.78 Å². The fourth-order valence-corrected chi connectivity index (χ4v) is 4.21. The second-order valence-electron chi connectivity index (χ2n) is 7.07. The van der Waals surface area contributed by atoms with E-state index in [1.54, 1.807) is 0 Å². The van der Waals surface area contributed by atoms with Crippen LogP contribution in [0.3, 0.4) is 0 Å². The Balaban J connectivity index is 0.000000891. The van der Waals surface area contributed by atoms with E-state index in [4.69, 9.17) is 0 Å². The average molecular weight is 395 g/mol. The Bertz CT molecular complexity index is 505. The Morgan fingerprint density at radius 1 is 1.21 bits per heavy atom. The van der Waals surface area contributed by atoms with Gasteiger partial charge in [0.05, 0.1) is 4.83 Å². The molecule has 2 rings (SSSR count). The number of ketones is 1. The van der Waals surface area contributed by atoms with E-state index >= 15 is 0 Å². The van der Waals surface area contributed by atoms with Crippen molar-refractivity contribution in [2.45, 2.75) is 90.3 Å². The van der Waals surface area contributed by atoms with E-state index in [1.807, 2.05) is 0 Å². The molecule has 2 atom stereocenters. The average Bonchev–Trinajstić information content (AvgIpc) is 2.51. The van der Waals surface area contributed by atoms with Gasteiger partial charge in [0.25, 0.3) is 0 Å². The molecule has 0 aliphatic heterocycles. The van der Waals surface area contributed by atoms with Gasteiger partial charge < -0.3 is 0 Å². The minimum absolute atomic E-state index is 0.122. The number of hydrogen-bond acceptors (Lipinski definition) is 1. The summed E-state index contributed by atoms with van der Waals surface area (Å²) in [6.07, 6.45) is 8.15. The third kappa shape index (κ3) is 5.44. The number of halogens is 1. The van der Waals surface area contributed by atoms with E-state index in [0.717, 1.165) is 19.3 Å². The van der Waals surface area contributed by atoms with Crippen molar-refractivity contribution in [1.82, 2.24) is 0 Å². The van der Waals surface area contributed by atoms with Crippen LogP contribution in [0.4, 0.5) is 0 Å². The zero-order valence-electron chi connectivity index (χ0n) is 16.2. The Morgan fingerprint density at radius 2 is 1.83 bits per heavy atom. The second kappa shape index (κ2) is 11.1. The first kappa shape index (κ1) is 21.4. The predicted octanol–water partition coefficient (Wildman–Crippen LogP) is 7.51. The van der Waals surface area contributed by atoms with Gasteiger partial charge in [-0.15, -0.1) is 0 Å². The normalized spacial score (nSPS) is 16.6. The molecular weight excluding hydrogens is 360 g/mol. The SMILES string of the molecule is CCC.CCCC(CC)c1c(C)cccc1C(Br)C(=O)C1CCC1. The highest BCUT2D eigenvalue weighted by atomic mass is 79.9. The summed E-state index contributed by atoms with van der Waals surface area (Å²) in [5.41, 5.74) is 3.96. The second-order valence-corrected chi connectivity index (χ2v) is 7.99. The summed E-state index contributed by atoms with van der Waals surface area (Å²) >= 11 is 3.71. The molecule has 1 aliphatic carbocycles. The minimum Gasteiger partial charge on any atom is -0.298 e. The lowest BCUT2D eigenvalue weighted by atomic mass is 9.78. The fourth-order valence-electron chi connectivity index (χ4n) is 3.44. The third-order valence-electron chi connectivity index (χ3n) is 4.93. The Kier molecular flexibility index (Phi) is 9.88. The lowest BCUT2D eigenvalue weighted by molar-refractivity contribution is -0.124. The van der Waals surface area contributed by atoms with Crippen molar-refractivity contribution in [1.29, 1.82) is 0 Å². The summed E-state index contributed by atoms with van der Waals surface area (Å²) in [4.78, 5) is 12.5. The maximum Gasteiger partial charge on any atom is 0.153 e. The first-order chi connectivity index (χ1) is 11.5. The maximum atomic E-state index is 12.6. The van der Waals surface area contributed by atoms with Crippen molar-refractivity contribution in [3.63, 3.8) is 0 Å². The van der Waals surface area contributed by atoms with Crippen LogP contribution in [0.5, 0.6) is 0 Å². The van der Waals surface area contributed by atoms with Gasteiger partial charge in [-0.1, -0.05) is 81.1 Å². The molecule has 0 amide bonds. The molecule has 1 aliphatic rings. The van der Waals surface area contributed by atoms with Crippen LogP contribution in [0.1, 0.15) is 100 Å². The lowest BCUT2D eigenvalue weighted by Gasteiger charge is -2.29. The molecule has 1 aromatic rings. The van der Waals surface area contributed by atoms with Crippen molar-refractivity contribution in [3.8, 4) is 0 Å². The van der Waals surface area contributed by atoms with Crippen LogP contribution in [0, 0.1) is 12.8 Å². The van der Waals surface area contributed by atoms with Crippen LogP contribution < -0.4 is 0 Å². The largest absolute Gasteiger partial charge is 0.298 e. The number of rotatable bonds is 7. The maximum absolute atomic E-state index is 12.6. The summed E-state index contributed by atoms with van der Waals surface area (Å²) < 4.78 is 0. The number of carbonyl (C=O) groups is 1. The van der Waals surface area contributed by atoms with Crippen molar-refractivity contribution in [2.24, 2.45) is 5.92 Å². The van der Waals surface area contributed by atoms with Crippen molar-refractivity contribution < 1.29 is 4.79 Å². The molecule has 136 valence electrons. The van der Waals surface area contributed by atoms with E-state index < -0.39 is 0 Å². The highest BCUT2D eigenvalue weighted by Crippen LogP contribution is 2.40. The van der Waals surface area contributed by atoms with Crippen LogP contribution in [-0.4, -0.2) is 5.78 Å². The molecule has 0 N–H and O–H groups in total. The molecule has 0 bridgehead atoms. The summed E-state index contributed by atoms with van der Waals surface area (Å²) in [5.74, 6) is 1.24. The standard InChI is InChI=1S/C19H27BrO.C3H8/c1-4-8-14(5-2)17-13(3)9-6-12-16(17)18(20)19(21)15-10-7-11-15;1-3-2/h6,9,12,14-15,18H,4-5,7-8,10-11H2,1-3H3;3H2,1-2H3. The Hall–Kier alpha value is -0.630. The molecule has 2 unspecified atom stereocenters. The molecule has 1 saturated carbocycles. The van der Waals surface area contributed by atoms with Crippen molar-refractivity contribution in [3.05, 3.63) is 34.9 Å². The van der Waals surface area contributed by atoms with Crippen LogP contribution in [0.2, 0.25) is 0 Å². The molecular formula is C22H35BrO. The fraction of sp³-hybridized carbons (Fsp3) is 0.682. The zero-order chi connectivity index (χ0) is 18.1. The summed E-state index contributed by atoms with van der Waals surface area (Å²) in [6, 6.07) is 6.43. The summed E-state index contributed by atoms with van der Waals surface area (Å²) in [5, 5.41) is 0. The van der Waals surface area contributed by atoms with Gasteiger partial charge in [-0.25, -0.2) is 0 Å². The van der Waals surface area contributed by atoms with Gasteiger partial charge in [0.2, 0.25) is 0 Å². The summed E-state index contributed by atoms with van der Waals surface area (Å²) in [6.45, 7) is 10.9. The molecule has 1 nitrogen and oxygen atoms in total. The first-order valence-electron chi connectivity index (χ1n) is 9.78. The van der Waals surface area contributed by atoms with E-state index in [1.165, 1.54) is 42.4 Å². The zero-order valence-corrected chi connectivity index (χ0v) is 17.8. The van der Waals surface area contributed by atoms with E-state index in [-0.39, 0.29) is 10.7 Å². The number of hydrogen-bond donors (Lipinski definition) is 0. The molecule has 0 radical (unpaired) electrons. The van der Waals surface area contributed by atoms with Gasteiger partial charge in [-0.2, -0.15) is 0 Å². The van der Waals surface area contributed by atoms with Crippen LogP contribution in [-0.2, 0) is 4.79 Å². The number of benzene rings is 1. The first-order valence-corrected chi connectivity index (χ1v) is 10.7. The monoisotopic (exact) mass is 394 g/mol. The van der Waals surface area contributed by atoms with Gasteiger partial charge in [-0.3, -0.25) is 4.79 Å². The molecule has 0 heterocycles. The number of Topliss-reactive ketones (excluding diaryl/α,β-unsaturated/α-hetero) is 1. The van der Waals surface area contributed by atoms with Crippen molar-refractivity contribution >= 4 is 21.7 Å². The van der Waals surface area contributed by atoms with Gasteiger partial charge >= 0.3 is 0 Å². The van der Waals surface area contributed by atoms with Crippen LogP contribution in [0.25, 0.3) is 0 Å². The molecule has 1 fully saturated rings. The topological polar surface area (TPSA) is 17.1 Å². The predicted molar refractivity (Wildman–Crippen MR) is 109 cm³/mol. The molecule has 0 saturated heterocycles. The number of carbonyl (C=O) groups excluding carboxylic acids is 1. The van der Waals surface area contributed by atoms with Gasteiger partial charge in [-0.05, 0) is 55.2 Å². The van der Waals surface area contributed by atoms with E-state index in [2.05, 4.69) is 68.7 Å². The number of aryl methyl sites for hydroxylation is 1. The molecule has 0 spiro atoms. The lowest BCUT2D eigenvalue weighted by Crippen LogP contribution is -2.25. The van der Waals surface area contributed by atoms with Gasteiger partial charge in [0, 0.05) is 5.92 Å². The minimum atomic E-state index is -0.122. The highest BCUT2D eigenvalue weighted by Gasteiger charge is 2.32. The smallest absolute Gasteiger partial charge is 0.153 e. The Labute approximate surface area is 157 Å². The van der Waals surface area contributed by atoms with E-state index in [0.29, 0.717) is 11.7 Å². The van der Waals surface area contributed by atoms with Crippen LogP contribution in [0.15, 0.2) is 18.2 Å². The quantitative estimate of drug-likeness (QED) is 0.437. The van der Waals surface area contributed by atoms with E-state index in [9.17, 15) is 4.79 Å². The molecule has 0 aromatic heterocycles. The highest BCUT2D eigenvalue weighted by molar-refractivity contribution is 9.09. The van der Waals surface area contributed by atoms with Crippen LogP contribution >= 0.6 is 15.9 Å². The molecule has 2 heteroatoms. The summed E-state index contributed by atoms with van der Waals surface area (Å²) in [7, 11) is 0. The van der Waals surface area contributed by atoms with Crippen molar-refractivity contribution in [2.75, 3.05) is 0 Å².